The molecule has 1 aliphatic heterocycles. The fourth-order valence-corrected chi connectivity index (χ4v) is 3.22. The number of amides is 1. The highest BCUT2D eigenvalue weighted by atomic mass is 16.3. The molecule has 1 amide bonds. The van der Waals surface area contributed by atoms with Crippen LogP contribution in [-0.4, -0.2) is 47.7 Å². The number of aliphatic hydroxyl groups excluding tert-OH is 1. The molecule has 21 heavy (non-hydrogen) atoms. The van der Waals surface area contributed by atoms with Crippen molar-refractivity contribution in [2.45, 2.75) is 45.2 Å². The van der Waals surface area contributed by atoms with E-state index in [2.05, 4.69) is 13.8 Å². The van der Waals surface area contributed by atoms with Crippen LogP contribution in [0.4, 0.5) is 5.69 Å². The number of rotatable bonds is 5. The lowest BCUT2D eigenvalue weighted by atomic mass is 9.97. The summed E-state index contributed by atoms with van der Waals surface area (Å²) in [5, 5.41) is 9.26. The first-order valence-corrected chi connectivity index (χ1v) is 7.85. The van der Waals surface area contributed by atoms with Crippen LogP contribution >= 0.6 is 0 Å². The Hall–Kier alpha value is -1.55. The number of benzene rings is 1. The van der Waals surface area contributed by atoms with Crippen molar-refractivity contribution in [2.75, 3.05) is 24.6 Å². The van der Waals surface area contributed by atoms with Gasteiger partial charge < -0.3 is 14.9 Å². The summed E-state index contributed by atoms with van der Waals surface area (Å²) < 4.78 is 0. The van der Waals surface area contributed by atoms with Crippen LogP contribution < -0.4 is 4.90 Å². The number of nitrogens with zero attached hydrogens (tertiary/aromatic N) is 2. The highest BCUT2D eigenvalue weighted by Gasteiger charge is 2.29. The minimum absolute atomic E-state index is 0.0489. The lowest BCUT2D eigenvalue weighted by Gasteiger charge is -2.40. The average molecular weight is 290 g/mol. The lowest BCUT2D eigenvalue weighted by molar-refractivity contribution is -0.135. The van der Waals surface area contributed by atoms with Gasteiger partial charge in [-0.05, 0) is 45.2 Å². The highest BCUT2D eigenvalue weighted by Crippen LogP contribution is 2.23. The van der Waals surface area contributed by atoms with Crippen molar-refractivity contribution < 1.29 is 9.90 Å². The summed E-state index contributed by atoms with van der Waals surface area (Å²) in [6.07, 6.45) is 3.37. The molecule has 1 saturated heterocycles. The summed E-state index contributed by atoms with van der Waals surface area (Å²) in [7, 11) is 0. The van der Waals surface area contributed by atoms with E-state index in [1.807, 2.05) is 40.1 Å². The smallest absolute Gasteiger partial charge is 0.242 e. The number of hydrogen-bond donors (Lipinski definition) is 1. The number of anilines is 1. The predicted octanol–water partition coefficient (Wildman–Crippen LogP) is 2.27. The Morgan fingerprint density at radius 2 is 1.86 bits per heavy atom. The second kappa shape index (κ2) is 7.46. The van der Waals surface area contributed by atoms with Gasteiger partial charge in [-0.3, -0.25) is 4.79 Å². The molecular formula is C17H26N2O2. The minimum atomic E-state index is 0.0489. The molecule has 1 aromatic rings. The number of para-hydroxylation sites is 1. The first-order valence-electron chi connectivity index (χ1n) is 7.85. The maximum absolute atomic E-state index is 12.7. The fourth-order valence-electron chi connectivity index (χ4n) is 3.22. The third-order valence-corrected chi connectivity index (χ3v) is 4.30. The maximum Gasteiger partial charge on any atom is 0.242 e. The van der Waals surface area contributed by atoms with Gasteiger partial charge in [0.25, 0.3) is 0 Å². The Kier molecular flexibility index (Phi) is 5.62. The number of likely N-dealkylation sites (tertiary alicyclic amines) is 1. The molecule has 2 atom stereocenters. The molecular weight excluding hydrogens is 264 g/mol. The number of carbonyl (C=O) groups is 1. The van der Waals surface area contributed by atoms with E-state index in [4.69, 9.17) is 0 Å². The van der Waals surface area contributed by atoms with Gasteiger partial charge in [0.05, 0.1) is 13.2 Å². The SMILES string of the molecule is CC1CCCC(C)N1C(=O)CN(CCO)c1ccccc1. The Bertz CT molecular complexity index is 439. The van der Waals surface area contributed by atoms with Gasteiger partial charge in [0.15, 0.2) is 0 Å². The Labute approximate surface area is 127 Å². The van der Waals surface area contributed by atoms with Crippen LogP contribution in [0.1, 0.15) is 33.1 Å². The molecule has 2 unspecified atom stereocenters. The van der Waals surface area contributed by atoms with Crippen LogP contribution in [0.25, 0.3) is 0 Å². The van der Waals surface area contributed by atoms with E-state index in [-0.39, 0.29) is 12.5 Å². The standard InChI is InChI=1S/C17H26N2O2/c1-14-7-6-8-15(2)19(14)17(21)13-18(11-12-20)16-9-4-3-5-10-16/h3-5,9-10,14-15,20H,6-8,11-13H2,1-2H3. The number of piperidine rings is 1. The molecule has 1 fully saturated rings. The first kappa shape index (κ1) is 15.8. The first-order chi connectivity index (χ1) is 10.1. The highest BCUT2D eigenvalue weighted by molar-refractivity contribution is 5.82. The van der Waals surface area contributed by atoms with E-state index in [0.29, 0.717) is 25.2 Å². The van der Waals surface area contributed by atoms with Crippen molar-refractivity contribution in [3.8, 4) is 0 Å². The van der Waals surface area contributed by atoms with Gasteiger partial charge in [0.2, 0.25) is 5.91 Å². The summed E-state index contributed by atoms with van der Waals surface area (Å²) in [5.41, 5.74) is 0.984. The zero-order valence-corrected chi connectivity index (χ0v) is 13.0. The summed E-state index contributed by atoms with van der Waals surface area (Å²) in [5.74, 6) is 0.159. The van der Waals surface area contributed by atoms with Gasteiger partial charge in [0, 0.05) is 24.3 Å². The summed E-state index contributed by atoms with van der Waals surface area (Å²) in [4.78, 5) is 16.7. The number of carbonyl (C=O) groups excluding carboxylic acids is 1. The van der Waals surface area contributed by atoms with E-state index in [9.17, 15) is 9.90 Å². The lowest BCUT2D eigenvalue weighted by Crippen LogP contribution is -2.51. The molecule has 0 bridgehead atoms. The molecule has 0 saturated carbocycles. The fraction of sp³-hybridized carbons (Fsp3) is 0.588. The van der Waals surface area contributed by atoms with Crippen LogP contribution in [-0.2, 0) is 4.79 Å². The summed E-state index contributed by atoms with van der Waals surface area (Å²) in [6.45, 7) is 5.12. The molecule has 4 heteroatoms. The molecule has 0 aromatic heterocycles. The van der Waals surface area contributed by atoms with Crippen molar-refractivity contribution in [3.05, 3.63) is 30.3 Å². The summed E-state index contributed by atoms with van der Waals surface area (Å²) in [6, 6.07) is 10.4. The zero-order valence-electron chi connectivity index (χ0n) is 13.0. The number of hydrogen-bond acceptors (Lipinski definition) is 3. The van der Waals surface area contributed by atoms with Gasteiger partial charge >= 0.3 is 0 Å². The second-order valence-corrected chi connectivity index (χ2v) is 5.91. The van der Waals surface area contributed by atoms with Gasteiger partial charge in [-0.25, -0.2) is 0 Å². The van der Waals surface area contributed by atoms with Crippen molar-refractivity contribution in [3.63, 3.8) is 0 Å². The predicted molar refractivity (Wildman–Crippen MR) is 85.4 cm³/mol. The van der Waals surface area contributed by atoms with Gasteiger partial charge in [0.1, 0.15) is 0 Å². The number of aliphatic hydroxyl groups is 1. The Morgan fingerprint density at radius 3 is 2.43 bits per heavy atom. The van der Waals surface area contributed by atoms with Crippen molar-refractivity contribution in [1.82, 2.24) is 4.90 Å². The maximum atomic E-state index is 12.7. The van der Waals surface area contributed by atoms with Gasteiger partial charge in [-0.15, -0.1) is 0 Å². The van der Waals surface area contributed by atoms with Gasteiger partial charge in [-0.2, -0.15) is 0 Å². The molecule has 1 aromatic carbocycles. The van der Waals surface area contributed by atoms with Crippen LogP contribution in [0.5, 0.6) is 0 Å². The van der Waals surface area contributed by atoms with Crippen LogP contribution in [0.15, 0.2) is 30.3 Å². The van der Waals surface area contributed by atoms with E-state index >= 15 is 0 Å². The molecule has 1 aliphatic rings. The third kappa shape index (κ3) is 3.97. The van der Waals surface area contributed by atoms with Crippen molar-refractivity contribution >= 4 is 11.6 Å². The molecule has 116 valence electrons. The summed E-state index contributed by atoms with van der Waals surface area (Å²) >= 11 is 0. The molecule has 0 radical (unpaired) electrons. The monoisotopic (exact) mass is 290 g/mol. The van der Waals surface area contributed by atoms with Crippen LogP contribution in [0, 0.1) is 0 Å². The van der Waals surface area contributed by atoms with E-state index in [1.165, 1.54) is 6.42 Å². The van der Waals surface area contributed by atoms with Crippen LogP contribution in [0.2, 0.25) is 0 Å². The van der Waals surface area contributed by atoms with Crippen molar-refractivity contribution in [2.24, 2.45) is 0 Å². The quantitative estimate of drug-likeness (QED) is 0.905. The molecule has 1 heterocycles. The molecule has 1 N–H and O–H groups in total. The Balaban J connectivity index is 2.07. The minimum Gasteiger partial charge on any atom is -0.395 e. The molecule has 0 spiro atoms. The second-order valence-electron chi connectivity index (χ2n) is 5.91. The molecule has 0 aliphatic carbocycles. The largest absolute Gasteiger partial charge is 0.395 e. The van der Waals surface area contributed by atoms with E-state index < -0.39 is 0 Å². The van der Waals surface area contributed by atoms with Gasteiger partial charge in [-0.1, -0.05) is 18.2 Å². The topological polar surface area (TPSA) is 43.8 Å². The van der Waals surface area contributed by atoms with Crippen LogP contribution in [0.3, 0.4) is 0 Å². The normalized spacial score (nSPS) is 22.1. The zero-order chi connectivity index (χ0) is 15.2. The Morgan fingerprint density at radius 1 is 1.24 bits per heavy atom. The third-order valence-electron chi connectivity index (χ3n) is 4.30. The molecule has 2 rings (SSSR count). The van der Waals surface area contributed by atoms with Crippen molar-refractivity contribution in [1.29, 1.82) is 0 Å². The average Bonchev–Trinajstić information content (AvgIpc) is 2.47. The molecule has 4 nitrogen and oxygen atoms in total. The van der Waals surface area contributed by atoms with E-state index in [0.717, 1.165) is 18.5 Å². The van der Waals surface area contributed by atoms with E-state index in [1.54, 1.807) is 0 Å².